The number of pyridine rings is 2. The summed E-state index contributed by atoms with van der Waals surface area (Å²) in [7, 11) is 0. The average molecular weight is 496 g/mol. The third-order valence-corrected chi connectivity index (χ3v) is 6.06. The van der Waals surface area contributed by atoms with Crippen molar-refractivity contribution in [2.45, 2.75) is 19.9 Å². The second-order valence-electron chi connectivity index (χ2n) is 8.73. The van der Waals surface area contributed by atoms with Gasteiger partial charge in [0.2, 0.25) is 11.9 Å². The SMILES string of the molecule is CCc1nc(Nc2cc(C(=O)Nc3ccccc3)ccn2)nc(N2CCN(Cc3cccnc3)CC2)n1. The summed E-state index contributed by atoms with van der Waals surface area (Å²) >= 11 is 0. The van der Waals surface area contributed by atoms with Gasteiger partial charge >= 0.3 is 0 Å². The molecule has 0 aliphatic carbocycles. The zero-order valence-corrected chi connectivity index (χ0v) is 20.7. The number of aromatic nitrogens is 5. The fourth-order valence-corrected chi connectivity index (χ4v) is 4.10. The summed E-state index contributed by atoms with van der Waals surface area (Å²) in [6, 6.07) is 16.8. The highest BCUT2D eigenvalue weighted by atomic mass is 16.1. The minimum atomic E-state index is -0.216. The van der Waals surface area contributed by atoms with Gasteiger partial charge < -0.3 is 15.5 Å². The van der Waals surface area contributed by atoms with Gasteiger partial charge in [0.05, 0.1) is 0 Å². The topological polar surface area (TPSA) is 112 Å². The molecular weight excluding hydrogens is 466 g/mol. The lowest BCUT2D eigenvalue weighted by molar-refractivity contribution is 0.102. The van der Waals surface area contributed by atoms with Gasteiger partial charge in [0, 0.05) is 69.0 Å². The Morgan fingerprint density at radius 2 is 1.78 bits per heavy atom. The number of piperazine rings is 1. The van der Waals surface area contributed by atoms with Crippen LogP contribution in [0.25, 0.3) is 0 Å². The van der Waals surface area contributed by atoms with Crippen LogP contribution in [0.15, 0.2) is 73.2 Å². The molecule has 0 spiro atoms. The van der Waals surface area contributed by atoms with Crippen LogP contribution in [0.5, 0.6) is 0 Å². The molecule has 1 aliphatic heterocycles. The summed E-state index contributed by atoms with van der Waals surface area (Å²) in [5, 5.41) is 6.05. The molecule has 0 unspecified atom stereocenters. The number of para-hydroxylation sites is 1. The van der Waals surface area contributed by atoms with Crippen LogP contribution in [0.3, 0.4) is 0 Å². The molecule has 3 aromatic heterocycles. The van der Waals surface area contributed by atoms with E-state index in [1.807, 2.05) is 49.5 Å². The van der Waals surface area contributed by atoms with Gasteiger partial charge in [-0.2, -0.15) is 15.0 Å². The molecule has 4 aromatic rings. The van der Waals surface area contributed by atoms with Crippen LogP contribution in [-0.2, 0) is 13.0 Å². The zero-order chi connectivity index (χ0) is 25.5. The summed E-state index contributed by atoms with van der Waals surface area (Å²) in [4.78, 5) is 39.7. The molecule has 1 fully saturated rings. The van der Waals surface area contributed by atoms with E-state index in [1.54, 1.807) is 24.5 Å². The Kier molecular flexibility index (Phi) is 7.56. The predicted molar refractivity (Wildman–Crippen MR) is 143 cm³/mol. The molecule has 1 aromatic carbocycles. The van der Waals surface area contributed by atoms with Crippen LogP contribution in [0, 0.1) is 0 Å². The van der Waals surface area contributed by atoms with E-state index >= 15 is 0 Å². The number of carbonyl (C=O) groups is 1. The molecule has 37 heavy (non-hydrogen) atoms. The van der Waals surface area contributed by atoms with Crippen LogP contribution in [0.1, 0.15) is 28.7 Å². The zero-order valence-electron chi connectivity index (χ0n) is 20.7. The molecule has 0 atom stereocenters. The van der Waals surface area contributed by atoms with Gasteiger partial charge in [-0.25, -0.2) is 4.98 Å². The van der Waals surface area contributed by atoms with Crippen molar-refractivity contribution in [2.24, 2.45) is 0 Å². The predicted octanol–water partition coefficient (Wildman–Crippen LogP) is 3.54. The molecule has 0 bridgehead atoms. The third-order valence-electron chi connectivity index (χ3n) is 6.06. The number of aryl methyl sites for hydroxylation is 1. The first-order valence-corrected chi connectivity index (χ1v) is 12.4. The van der Waals surface area contributed by atoms with E-state index in [1.165, 1.54) is 5.56 Å². The summed E-state index contributed by atoms with van der Waals surface area (Å²) in [5.74, 6) is 2.02. The van der Waals surface area contributed by atoms with Crippen molar-refractivity contribution >= 4 is 29.3 Å². The Bertz CT molecular complexity index is 1330. The Labute approximate surface area is 215 Å². The number of hydrogen-bond acceptors (Lipinski definition) is 9. The van der Waals surface area contributed by atoms with E-state index in [4.69, 9.17) is 0 Å². The van der Waals surface area contributed by atoms with Crippen molar-refractivity contribution in [3.8, 4) is 0 Å². The van der Waals surface area contributed by atoms with Crippen molar-refractivity contribution in [2.75, 3.05) is 41.7 Å². The number of anilines is 4. The van der Waals surface area contributed by atoms with Gasteiger partial charge in [-0.05, 0) is 35.9 Å². The first-order chi connectivity index (χ1) is 18.2. The highest BCUT2D eigenvalue weighted by molar-refractivity contribution is 6.04. The molecule has 4 heterocycles. The van der Waals surface area contributed by atoms with Gasteiger partial charge in [-0.1, -0.05) is 31.2 Å². The molecule has 1 saturated heterocycles. The second-order valence-corrected chi connectivity index (χ2v) is 8.73. The van der Waals surface area contributed by atoms with Gasteiger partial charge in [-0.3, -0.25) is 14.7 Å². The number of hydrogen-bond donors (Lipinski definition) is 2. The Balaban J connectivity index is 1.26. The van der Waals surface area contributed by atoms with Crippen molar-refractivity contribution < 1.29 is 4.79 Å². The maximum absolute atomic E-state index is 12.7. The molecule has 1 aliphatic rings. The summed E-state index contributed by atoms with van der Waals surface area (Å²) in [6.07, 6.45) is 5.98. The van der Waals surface area contributed by atoms with E-state index in [-0.39, 0.29) is 5.91 Å². The third kappa shape index (κ3) is 6.42. The molecule has 5 rings (SSSR count). The normalized spacial score (nSPS) is 13.8. The molecule has 188 valence electrons. The van der Waals surface area contributed by atoms with Crippen LogP contribution in [-0.4, -0.2) is 61.9 Å². The molecule has 0 saturated carbocycles. The minimum absolute atomic E-state index is 0.216. The standard InChI is InChI=1S/C27H29N9O/c1-2-23-31-26(32-24-17-21(10-12-29-24)25(37)30-22-8-4-3-5-9-22)34-27(33-23)36-15-13-35(14-16-36)19-20-7-6-11-28-18-20/h3-12,17-18H,2,13-16,19H2,1H3,(H,30,37)(H,29,31,32,33,34). The summed E-state index contributed by atoms with van der Waals surface area (Å²) in [6.45, 7) is 6.35. The quantitative estimate of drug-likeness (QED) is 0.379. The minimum Gasteiger partial charge on any atom is -0.338 e. The lowest BCUT2D eigenvalue weighted by atomic mass is 10.2. The van der Waals surface area contributed by atoms with Crippen molar-refractivity contribution in [1.82, 2.24) is 29.8 Å². The maximum atomic E-state index is 12.7. The Morgan fingerprint density at radius 1 is 0.946 bits per heavy atom. The monoisotopic (exact) mass is 495 g/mol. The van der Waals surface area contributed by atoms with E-state index in [9.17, 15) is 4.79 Å². The summed E-state index contributed by atoms with van der Waals surface area (Å²) in [5.41, 5.74) is 2.42. The average Bonchev–Trinajstić information content (AvgIpc) is 2.94. The Hall–Kier alpha value is -4.44. The largest absolute Gasteiger partial charge is 0.338 e. The van der Waals surface area contributed by atoms with E-state index in [0.29, 0.717) is 35.5 Å². The number of rotatable bonds is 8. The fraction of sp³-hybridized carbons (Fsp3) is 0.259. The maximum Gasteiger partial charge on any atom is 0.255 e. The fourth-order valence-electron chi connectivity index (χ4n) is 4.10. The first-order valence-electron chi connectivity index (χ1n) is 12.4. The van der Waals surface area contributed by atoms with Crippen LogP contribution >= 0.6 is 0 Å². The van der Waals surface area contributed by atoms with E-state index in [2.05, 4.69) is 51.4 Å². The second kappa shape index (κ2) is 11.5. The number of nitrogens with zero attached hydrogens (tertiary/aromatic N) is 7. The van der Waals surface area contributed by atoms with Gasteiger partial charge in [0.25, 0.3) is 5.91 Å². The van der Waals surface area contributed by atoms with E-state index < -0.39 is 0 Å². The molecule has 2 N–H and O–H groups in total. The molecule has 1 amide bonds. The molecule has 0 radical (unpaired) electrons. The van der Waals surface area contributed by atoms with E-state index in [0.717, 1.165) is 38.4 Å². The Morgan fingerprint density at radius 3 is 2.54 bits per heavy atom. The highest BCUT2D eigenvalue weighted by Gasteiger charge is 2.21. The molecular formula is C27H29N9O. The van der Waals surface area contributed by atoms with Crippen LogP contribution in [0.4, 0.5) is 23.4 Å². The van der Waals surface area contributed by atoms with Crippen LogP contribution in [0.2, 0.25) is 0 Å². The number of amides is 1. The van der Waals surface area contributed by atoms with Crippen molar-refractivity contribution in [3.05, 3.63) is 90.1 Å². The number of carbonyl (C=O) groups excluding carboxylic acids is 1. The van der Waals surface area contributed by atoms with Crippen LogP contribution < -0.4 is 15.5 Å². The first kappa shape index (κ1) is 24.3. The van der Waals surface area contributed by atoms with Crippen molar-refractivity contribution in [3.63, 3.8) is 0 Å². The van der Waals surface area contributed by atoms with Gasteiger partial charge in [0.15, 0.2) is 0 Å². The van der Waals surface area contributed by atoms with Crippen molar-refractivity contribution in [1.29, 1.82) is 0 Å². The van der Waals surface area contributed by atoms with Gasteiger partial charge in [-0.15, -0.1) is 0 Å². The lowest BCUT2D eigenvalue weighted by Gasteiger charge is -2.34. The number of benzene rings is 1. The summed E-state index contributed by atoms with van der Waals surface area (Å²) < 4.78 is 0. The smallest absolute Gasteiger partial charge is 0.255 e. The molecule has 10 nitrogen and oxygen atoms in total. The van der Waals surface area contributed by atoms with Gasteiger partial charge in [0.1, 0.15) is 11.6 Å². The highest BCUT2D eigenvalue weighted by Crippen LogP contribution is 2.18. The lowest BCUT2D eigenvalue weighted by Crippen LogP contribution is -2.46. The molecule has 10 heteroatoms. The number of nitrogens with one attached hydrogen (secondary N) is 2.